The molecule has 1 rings (SSSR count). The lowest BCUT2D eigenvalue weighted by atomic mass is 10.2. The number of hydrogen-bond acceptors (Lipinski definition) is 3. The first-order chi connectivity index (χ1) is 8.58. The lowest BCUT2D eigenvalue weighted by Gasteiger charge is -2.20. The molecule has 3 N–H and O–H groups in total. The number of nitrogens with one attached hydrogen (secondary N) is 1. The maximum atomic E-state index is 13.1. The molecule has 0 aliphatic rings. The first-order valence-corrected chi connectivity index (χ1v) is 6.67. The molecule has 18 heavy (non-hydrogen) atoms. The van der Waals surface area contributed by atoms with E-state index < -0.39 is 5.82 Å². The van der Waals surface area contributed by atoms with Gasteiger partial charge in [0.25, 0.3) is 0 Å². The van der Waals surface area contributed by atoms with Gasteiger partial charge >= 0.3 is 0 Å². The molecule has 0 saturated heterocycles. The van der Waals surface area contributed by atoms with E-state index in [9.17, 15) is 4.39 Å². The van der Waals surface area contributed by atoms with Crippen LogP contribution in [0.4, 0.5) is 15.8 Å². The van der Waals surface area contributed by atoms with Gasteiger partial charge in [-0.3, -0.25) is 0 Å². The lowest BCUT2D eigenvalue weighted by molar-refractivity contribution is 0.300. The van der Waals surface area contributed by atoms with Gasteiger partial charge in [0.05, 0.1) is 16.4 Å². The summed E-state index contributed by atoms with van der Waals surface area (Å²) >= 11 is 5.72. The van der Waals surface area contributed by atoms with E-state index in [2.05, 4.69) is 24.1 Å². The van der Waals surface area contributed by atoms with Crippen molar-refractivity contribution in [3.05, 3.63) is 23.0 Å². The predicted octanol–water partition coefficient (Wildman–Crippen LogP) is 3.21. The van der Waals surface area contributed by atoms with Crippen molar-refractivity contribution >= 4 is 23.0 Å². The van der Waals surface area contributed by atoms with Crippen LogP contribution in [-0.4, -0.2) is 31.1 Å². The van der Waals surface area contributed by atoms with Gasteiger partial charge in [-0.15, -0.1) is 0 Å². The summed E-state index contributed by atoms with van der Waals surface area (Å²) in [4.78, 5) is 2.34. The minimum absolute atomic E-state index is 0.0904. The molecule has 1 aromatic carbocycles. The highest BCUT2D eigenvalue weighted by Gasteiger charge is 2.06. The normalized spacial score (nSPS) is 10.9. The van der Waals surface area contributed by atoms with Gasteiger partial charge in [-0.2, -0.15) is 0 Å². The molecule has 0 heterocycles. The monoisotopic (exact) mass is 273 g/mol. The Morgan fingerprint density at radius 3 is 2.67 bits per heavy atom. The molecule has 0 spiro atoms. The third kappa shape index (κ3) is 4.35. The maximum Gasteiger partial charge on any atom is 0.143 e. The quantitative estimate of drug-likeness (QED) is 0.750. The number of benzene rings is 1. The molecule has 0 amide bonds. The Bertz CT molecular complexity index is 385. The topological polar surface area (TPSA) is 41.3 Å². The fourth-order valence-corrected chi connectivity index (χ4v) is 1.97. The number of anilines is 2. The predicted molar refractivity (Wildman–Crippen MR) is 76.7 cm³/mol. The van der Waals surface area contributed by atoms with Gasteiger partial charge in [-0.1, -0.05) is 25.4 Å². The van der Waals surface area contributed by atoms with E-state index >= 15 is 0 Å². The molecule has 0 atom stereocenters. The van der Waals surface area contributed by atoms with Gasteiger partial charge in [-0.05, 0) is 25.6 Å². The van der Waals surface area contributed by atoms with Crippen LogP contribution in [0.3, 0.4) is 0 Å². The first kappa shape index (κ1) is 15.1. The Labute approximate surface area is 113 Å². The molecule has 0 radical (unpaired) electrons. The third-order valence-corrected chi connectivity index (χ3v) is 3.11. The molecule has 0 fully saturated rings. The van der Waals surface area contributed by atoms with Crippen molar-refractivity contribution in [1.29, 1.82) is 0 Å². The number of halogens is 2. The number of nitrogen functional groups attached to an aromatic ring is 1. The smallest absolute Gasteiger partial charge is 0.143 e. The summed E-state index contributed by atoms with van der Waals surface area (Å²) in [7, 11) is 0. The Hall–Kier alpha value is -1.00. The number of nitrogens with zero attached hydrogens (tertiary/aromatic N) is 1. The summed E-state index contributed by atoms with van der Waals surface area (Å²) in [6.07, 6.45) is 1.14. The van der Waals surface area contributed by atoms with Crippen molar-refractivity contribution in [2.75, 3.05) is 37.2 Å². The summed E-state index contributed by atoms with van der Waals surface area (Å²) in [5.41, 5.74) is 6.80. The Balaban J connectivity index is 2.51. The average molecular weight is 274 g/mol. The molecular weight excluding hydrogens is 253 g/mol. The molecule has 102 valence electrons. The highest BCUT2D eigenvalue weighted by molar-refractivity contribution is 6.31. The molecule has 0 aliphatic heterocycles. The van der Waals surface area contributed by atoms with Crippen LogP contribution in [0.5, 0.6) is 0 Å². The van der Waals surface area contributed by atoms with Crippen molar-refractivity contribution in [2.45, 2.75) is 20.3 Å². The van der Waals surface area contributed by atoms with Crippen molar-refractivity contribution < 1.29 is 4.39 Å². The molecular formula is C13H21ClFN3. The van der Waals surface area contributed by atoms with Gasteiger partial charge in [-0.25, -0.2) is 4.39 Å². The molecule has 0 unspecified atom stereocenters. The molecule has 5 heteroatoms. The van der Waals surface area contributed by atoms with Crippen LogP contribution in [0, 0.1) is 5.82 Å². The summed E-state index contributed by atoms with van der Waals surface area (Å²) < 4.78 is 13.1. The molecule has 0 saturated carbocycles. The second kappa shape index (κ2) is 7.44. The number of rotatable bonds is 7. The third-order valence-electron chi connectivity index (χ3n) is 2.82. The second-order valence-corrected chi connectivity index (χ2v) is 4.62. The van der Waals surface area contributed by atoms with E-state index in [1.54, 1.807) is 0 Å². The Kier molecular flexibility index (Phi) is 6.22. The largest absolute Gasteiger partial charge is 0.397 e. The zero-order valence-electron chi connectivity index (χ0n) is 11.0. The van der Waals surface area contributed by atoms with Gasteiger partial charge < -0.3 is 16.0 Å². The Morgan fingerprint density at radius 2 is 2.06 bits per heavy atom. The summed E-state index contributed by atoms with van der Waals surface area (Å²) in [6, 6.07) is 2.77. The second-order valence-electron chi connectivity index (χ2n) is 4.21. The number of likely N-dealkylation sites (N-methyl/N-ethyl adjacent to an activating group) is 1. The van der Waals surface area contributed by atoms with Crippen molar-refractivity contribution in [2.24, 2.45) is 0 Å². The van der Waals surface area contributed by atoms with Gasteiger partial charge in [0.15, 0.2) is 0 Å². The van der Waals surface area contributed by atoms with Crippen LogP contribution >= 0.6 is 11.6 Å². The van der Waals surface area contributed by atoms with Crippen LogP contribution in [-0.2, 0) is 0 Å². The van der Waals surface area contributed by atoms with Crippen molar-refractivity contribution in [3.63, 3.8) is 0 Å². The van der Waals surface area contributed by atoms with E-state index in [4.69, 9.17) is 17.3 Å². The zero-order valence-corrected chi connectivity index (χ0v) is 11.7. The Morgan fingerprint density at radius 1 is 1.33 bits per heavy atom. The average Bonchev–Trinajstić information content (AvgIpc) is 2.34. The zero-order chi connectivity index (χ0) is 13.5. The van der Waals surface area contributed by atoms with Crippen LogP contribution in [0.25, 0.3) is 0 Å². The fourth-order valence-electron chi connectivity index (χ4n) is 1.81. The molecule has 0 aromatic heterocycles. The summed E-state index contributed by atoms with van der Waals surface area (Å²) in [6.45, 7) is 8.10. The molecule has 0 bridgehead atoms. The van der Waals surface area contributed by atoms with Crippen LogP contribution in [0.15, 0.2) is 12.1 Å². The molecule has 3 nitrogen and oxygen atoms in total. The fraction of sp³-hybridized carbons (Fsp3) is 0.538. The number of nitrogens with two attached hydrogens (primary N) is 1. The SMILES string of the molecule is CCCN(CC)CCNc1cc(Cl)c(F)cc1N. The van der Waals surface area contributed by atoms with E-state index in [-0.39, 0.29) is 5.02 Å². The van der Waals surface area contributed by atoms with E-state index in [1.165, 1.54) is 12.1 Å². The van der Waals surface area contributed by atoms with Gasteiger partial charge in [0.1, 0.15) is 5.82 Å². The van der Waals surface area contributed by atoms with E-state index in [0.29, 0.717) is 11.4 Å². The van der Waals surface area contributed by atoms with Crippen molar-refractivity contribution in [3.8, 4) is 0 Å². The summed E-state index contributed by atoms with van der Waals surface area (Å²) in [5, 5.41) is 3.28. The van der Waals surface area contributed by atoms with E-state index in [0.717, 1.165) is 32.6 Å². The molecule has 0 aliphatic carbocycles. The maximum absolute atomic E-state index is 13.1. The van der Waals surface area contributed by atoms with Gasteiger partial charge in [0, 0.05) is 19.2 Å². The van der Waals surface area contributed by atoms with Crippen LogP contribution < -0.4 is 11.1 Å². The van der Waals surface area contributed by atoms with E-state index in [1.807, 2.05) is 0 Å². The molecule has 1 aromatic rings. The van der Waals surface area contributed by atoms with Crippen LogP contribution in [0.1, 0.15) is 20.3 Å². The minimum Gasteiger partial charge on any atom is -0.397 e. The highest BCUT2D eigenvalue weighted by Crippen LogP contribution is 2.25. The summed E-state index contributed by atoms with van der Waals surface area (Å²) in [5.74, 6) is -0.485. The standard InChI is InChI=1S/C13H21ClFN3/c1-3-6-18(4-2)7-5-17-13-8-10(14)11(15)9-12(13)16/h8-9,17H,3-7,16H2,1-2H3. The minimum atomic E-state index is -0.485. The first-order valence-electron chi connectivity index (χ1n) is 6.29. The number of hydrogen-bond donors (Lipinski definition) is 2. The van der Waals surface area contributed by atoms with Gasteiger partial charge in [0.2, 0.25) is 0 Å². The van der Waals surface area contributed by atoms with Crippen LogP contribution in [0.2, 0.25) is 5.02 Å². The van der Waals surface area contributed by atoms with Crippen molar-refractivity contribution in [1.82, 2.24) is 4.90 Å². The lowest BCUT2D eigenvalue weighted by Crippen LogP contribution is -2.29. The highest BCUT2D eigenvalue weighted by atomic mass is 35.5.